The van der Waals surface area contributed by atoms with Crippen LogP contribution in [0.15, 0.2) is 35.2 Å². The maximum Gasteiger partial charge on any atom is 0.319 e. The van der Waals surface area contributed by atoms with E-state index in [2.05, 4.69) is 0 Å². The SMILES string of the molecule is COCCC(C)(Sc1ccccc1)C(=O)O. The van der Waals surface area contributed by atoms with Crippen LogP contribution in [-0.4, -0.2) is 29.5 Å². The molecule has 1 unspecified atom stereocenters. The van der Waals surface area contributed by atoms with E-state index in [-0.39, 0.29) is 0 Å². The van der Waals surface area contributed by atoms with Gasteiger partial charge in [0.2, 0.25) is 0 Å². The summed E-state index contributed by atoms with van der Waals surface area (Å²) in [5.41, 5.74) is 0. The van der Waals surface area contributed by atoms with Gasteiger partial charge in [0.15, 0.2) is 0 Å². The Bertz CT molecular complexity index is 339. The Balaban J connectivity index is 2.75. The predicted octanol–water partition coefficient (Wildman–Crippen LogP) is 2.66. The van der Waals surface area contributed by atoms with Crippen LogP contribution in [0.5, 0.6) is 0 Å². The average Bonchev–Trinajstić information content (AvgIpc) is 2.27. The molecule has 1 aromatic carbocycles. The molecule has 1 rings (SSSR count). The van der Waals surface area contributed by atoms with Crippen LogP contribution in [0.25, 0.3) is 0 Å². The number of thioether (sulfide) groups is 1. The lowest BCUT2D eigenvalue weighted by Gasteiger charge is -2.23. The van der Waals surface area contributed by atoms with E-state index in [1.54, 1.807) is 14.0 Å². The molecule has 0 radical (unpaired) electrons. The molecule has 88 valence electrons. The summed E-state index contributed by atoms with van der Waals surface area (Å²) < 4.78 is 4.11. The van der Waals surface area contributed by atoms with Crippen LogP contribution in [0.4, 0.5) is 0 Å². The molecule has 3 nitrogen and oxygen atoms in total. The topological polar surface area (TPSA) is 46.5 Å². The second kappa shape index (κ2) is 5.92. The lowest BCUT2D eigenvalue weighted by molar-refractivity contribution is -0.139. The zero-order chi connectivity index (χ0) is 12.0. The third-order valence-corrected chi connectivity index (χ3v) is 3.66. The van der Waals surface area contributed by atoms with Crippen molar-refractivity contribution in [2.45, 2.75) is 23.0 Å². The van der Waals surface area contributed by atoms with Crippen molar-refractivity contribution in [2.24, 2.45) is 0 Å². The number of aliphatic carboxylic acids is 1. The number of ether oxygens (including phenoxy) is 1. The van der Waals surface area contributed by atoms with Crippen LogP contribution in [0, 0.1) is 0 Å². The number of rotatable bonds is 6. The molecule has 4 heteroatoms. The number of benzene rings is 1. The molecule has 1 atom stereocenters. The summed E-state index contributed by atoms with van der Waals surface area (Å²) >= 11 is 1.36. The van der Waals surface area contributed by atoms with Crippen LogP contribution in [-0.2, 0) is 9.53 Å². The molecular formula is C12H16O3S. The fourth-order valence-corrected chi connectivity index (χ4v) is 2.33. The third kappa shape index (κ3) is 3.54. The molecule has 0 aliphatic heterocycles. The fourth-order valence-electron chi connectivity index (χ4n) is 1.25. The van der Waals surface area contributed by atoms with E-state index < -0.39 is 10.7 Å². The van der Waals surface area contributed by atoms with Gasteiger partial charge in [-0.3, -0.25) is 4.79 Å². The van der Waals surface area contributed by atoms with Gasteiger partial charge in [-0.1, -0.05) is 18.2 Å². The van der Waals surface area contributed by atoms with E-state index in [0.29, 0.717) is 13.0 Å². The zero-order valence-corrected chi connectivity index (χ0v) is 10.3. The van der Waals surface area contributed by atoms with Crippen LogP contribution in [0.2, 0.25) is 0 Å². The van der Waals surface area contributed by atoms with Gasteiger partial charge in [0.05, 0.1) is 0 Å². The zero-order valence-electron chi connectivity index (χ0n) is 9.47. The summed E-state index contributed by atoms with van der Waals surface area (Å²) in [5.74, 6) is -0.807. The average molecular weight is 240 g/mol. The van der Waals surface area contributed by atoms with Crippen molar-refractivity contribution >= 4 is 17.7 Å². The normalized spacial score (nSPS) is 14.4. The molecule has 1 N–H and O–H groups in total. The van der Waals surface area contributed by atoms with Crippen molar-refractivity contribution in [3.63, 3.8) is 0 Å². The minimum Gasteiger partial charge on any atom is -0.480 e. The maximum absolute atomic E-state index is 11.3. The van der Waals surface area contributed by atoms with Gasteiger partial charge in [-0.25, -0.2) is 0 Å². The van der Waals surface area contributed by atoms with E-state index in [0.717, 1.165) is 4.90 Å². The minimum absolute atomic E-state index is 0.447. The highest BCUT2D eigenvalue weighted by Gasteiger charge is 2.33. The van der Waals surface area contributed by atoms with E-state index in [4.69, 9.17) is 4.74 Å². The highest BCUT2D eigenvalue weighted by molar-refractivity contribution is 8.01. The molecule has 0 heterocycles. The molecule has 1 aromatic rings. The van der Waals surface area contributed by atoms with Gasteiger partial charge >= 0.3 is 5.97 Å². The Labute approximate surface area is 99.8 Å². The Hall–Kier alpha value is -1.00. The summed E-state index contributed by atoms with van der Waals surface area (Å²) in [5, 5.41) is 9.24. The maximum atomic E-state index is 11.3. The van der Waals surface area contributed by atoms with Crippen LogP contribution in [0.3, 0.4) is 0 Å². The van der Waals surface area contributed by atoms with E-state index in [1.165, 1.54) is 11.8 Å². The van der Waals surface area contributed by atoms with Crippen molar-refractivity contribution in [3.8, 4) is 0 Å². The van der Waals surface area contributed by atoms with Crippen LogP contribution in [0.1, 0.15) is 13.3 Å². The van der Waals surface area contributed by atoms with Crippen molar-refractivity contribution in [1.82, 2.24) is 0 Å². The number of hydrogen-bond acceptors (Lipinski definition) is 3. The molecule has 0 bridgehead atoms. The van der Waals surface area contributed by atoms with E-state index in [9.17, 15) is 9.90 Å². The standard InChI is InChI=1S/C12H16O3S/c1-12(11(13)14,8-9-15-2)16-10-6-4-3-5-7-10/h3-7H,8-9H2,1-2H3,(H,13,14). The molecule has 0 saturated carbocycles. The summed E-state index contributed by atoms with van der Waals surface area (Å²) in [6.07, 6.45) is 0.485. The van der Waals surface area contributed by atoms with Gasteiger partial charge in [0.25, 0.3) is 0 Å². The first kappa shape index (κ1) is 13.1. The summed E-state index contributed by atoms with van der Waals surface area (Å²) in [6, 6.07) is 9.55. The molecule has 0 spiro atoms. The second-order valence-electron chi connectivity index (χ2n) is 3.69. The summed E-state index contributed by atoms with van der Waals surface area (Å²) in [6.45, 7) is 2.18. The smallest absolute Gasteiger partial charge is 0.319 e. The molecule has 0 fully saturated rings. The van der Waals surface area contributed by atoms with Crippen molar-refractivity contribution < 1.29 is 14.6 Å². The number of carboxylic acids is 1. The second-order valence-corrected chi connectivity index (χ2v) is 5.27. The minimum atomic E-state index is -0.836. The van der Waals surface area contributed by atoms with Gasteiger partial charge in [-0.05, 0) is 25.5 Å². The Kier molecular flexibility index (Phi) is 4.83. The van der Waals surface area contributed by atoms with Crippen molar-refractivity contribution in [1.29, 1.82) is 0 Å². The lowest BCUT2D eigenvalue weighted by Crippen LogP contribution is -2.32. The largest absolute Gasteiger partial charge is 0.480 e. The Morgan fingerprint density at radius 2 is 2.06 bits per heavy atom. The van der Waals surface area contributed by atoms with Crippen LogP contribution < -0.4 is 0 Å². The molecule has 0 saturated heterocycles. The fraction of sp³-hybridized carbons (Fsp3) is 0.417. The quantitative estimate of drug-likeness (QED) is 0.776. The summed E-state index contributed by atoms with van der Waals surface area (Å²) in [7, 11) is 1.58. The summed E-state index contributed by atoms with van der Waals surface area (Å²) in [4.78, 5) is 12.2. The monoisotopic (exact) mass is 240 g/mol. The van der Waals surface area contributed by atoms with Crippen molar-refractivity contribution in [2.75, 3.05) is 13.7 Å². The highest BCUT2D eigenvalue weighted by atomic mass is 32.2. The van der Waals surface area contributed by atoms with E-state index >= 15 is 0 Å². The number of carboxylic acid groups (broad SMARTS) is 1. The first-order chi connectivity index (χ1) is 7.58. The van der Waals surface area contributed by atoms with E-state index in [1.807, 2.05) is 30.3 Å². The number of methoxy groups -OCH3 is 1. The lowest BCUT2D eigenvalue weighted by atomic mass is 10.1. The van der Waals surface area contributed by atoms with Crippen molar-refractivity contribution in [3.05, 3.63) is 30.3 Å². The number of carbonyl (C=O) groups is 1. The first-order valence-corrected chi connectivity index (χ1v) is 5.86. The van der Waals surface area contributed by atoms with Crippen LogP contribution >= 0.6 is 11.8 Å². The molecule has 0 aromatic heterocycles. The molecule has 0 aliphatic rings. The molecule has 0 aliphatic carbocycles. The Morgan fingerprint density at radius 3 is 2.56 bits per heavy atom. The van der Waals surface area contributed by atoms with Gasteiger partial charge in [-0.2, -0.15) is 0 Å². The molecular weight excluding hydrogens is 224 g/mol. The van der Waals surface area contributed by atoms with Gasteiger partial charge in [-0.15, -0.1) is 11.8 Å². The van der Waals surface area contributed by atoms with Gasteiger partial charge < -0.3 is 9.84 Å². The van der Waals surface area contributed by atoms with Gasteiger partial charge in [0, 0.05) is 18.6 Å². The predicted molar refractivity (Wildman–Crippen MR) is 64.8 cm³/mol. The van der Waals surface area contributed by atoms with Gasteiger partial charge in [0.1, 0.15) is 4.75 Å². The first-order valence-electron chi connectivity index (χ1n) is 5.05. The molecule has 0 amide bonds. The Morgan fingerprint density at radius 1 is 1.44 bits per heavy atom. The number of hydrogen-bond donors (Lipinski definition) is 1. The third-order valence-electron chi connectivity index (χ3n) is 2.32. The molecule has 16 heavy (non-hydrogen) atoms. The highest BCUT2D eigenvalue weighted by Crippen LogP contribution is 2.35.